The van der Waals surface area contributed by atoms with E-state index < -0.39 is 5.92 Å². The summed E-state index contributed by atoms with van der Waals surface area (Å²) in [5, 5.41) is 0. The average Bonchev–Trinajstić information content (AvgIpc) is 2.19. The molecule has 0 heterocycles. The lowest BCUT2D eigenvalue weighted by molar-refractivity contribution is 0.0850. The molecular weight excluding hydrogens is 122 g/mol. The minimum atomic E-state index is -2.32. The van der Waals surface area contributed by atoms with Gasteiger partial charge in [0.05, 0.1) is 0 Å². The van der Waals surface area contributed by atoms with Crippen LogP contribution in [0.25, 0.3) is 0 Å². The van der Waals surface area contributed by atoms with Gasteiger partial charge in [-0.15, -0.1) is 0 Å². The maximum Gasteiger partial charge on any atom is 0.254 e. The number of halogens is 2. The number of hydrogen-bond donors (Lipinski definition) is 0. The lowest BCUT2D eigenvalue weighted by Crippen LogP contribution is -1.92. The van der Waals surface area contributed by atoms with Crippen LogP contribution in [0.5, 0.6) is 0 Å². The van der Waals surface area contributed by atoms with Crippen LogP contribution in [-0.2, 0) is 0 Å². The molecule has 0 spiro atoms. The van der Waals surface area contributed by atoms with Gasteiger partial charge in [0.2, 0.25) is 0 Å². The summed E-state index contributed by atoms with van der Waals surface area (Å²) >= 11 is 0. The Labute approximate surface area is 54.3 Å². The van der Waals surface area contributed by atoms with Gasteiger partial charge in [0.15, 0.2) is 0 Å². The zero-order valence-electron chi connectivity index (χ0n) is 5.82. The van der Waals surface area contributed by atoms with Gasteiger partial charge in [-0.25, -0.2) is 8.78 Å². The SMILES string of the molecule is CCCC1C(C)C1(F)F. The van der Waals surface area contributed by atoms with Crippen molar-refractivity contribution >= 4 is 0 Å². The van der Waals surface area contributed by atoms with E-state index in [2.05, 4.69) is 0 Å². The fourth-order valence-corrected chi connectivity index (χ4v) is 1.31. The smallest absolute Gasteiger partial charge is 0.206 e. The first-order chi connectivity index (χ1) is 4.10. The lowest BCUT2D eigenvalue weighted by Gasteiger charge is -1.90. The molecule has 0 nitrogen and oxygen atoms in total. The fraction of sp³-hybridized carbons (Fsp3) is 1.00. The minimum Gasteiger partial charge on any atom is -0.206 e. The summed E-state index contributed by atoms with van der Waals surface area (Å²) in [6.07, 6.45) is 1.57. The maximum atomic E-state index is 12.4. The first-order valence-corrected chi connectivity index (χ1v) is 3.48. The molecule has 0 bridgehead atoms. The van der Waals surface area contributed by atoms with E-state index in [-0.39, 0.29) is 11.8 Å². The van der Waals surface area contributed by atoms with Crippen LogP contribution in [0.15, 0.2) is 0 Å². The third-order valence-electron chi connectivity index (χ3n) is 2.20. The topological polar surface area (TPSA) is 0 Å². The van der Waals surface area contributed by atoms with Gasteiger partial charge in [0, 0.05) is 11.8 Å². The normalized spacial score (nSPS) is 38.7. The van der Waals surface area contributed by atoms with Gasteiger partial charge in [-0.05, 0) is 6.42 Å². The molecule has 0 N–H and O–H groups in total. The zero-order chi connectivity index (χ0) is 7.07. The second kappa shape index (κ2) is 1.93. The van der Waals surface area contributed by atoms with Crippen LogP contribution in [0.3, 0.4) is 0 Å². The summed E-state index contributed by atoms with van der Waals surface area (Å²) in [6.45, 7) is 3.57. The molecule has 2 heteroatoms. The van der Waals surface area contributed by atoms with Crippen LogP contribution in [-0.4, -0.2) is 5.92 Å². The second-order valence-electron chi connectivity index (χ2n) is 2.86. The highest BCUT2D eigenvalue weighted by Gasteiger charge is 2.64. The Balaban J connectivity index is 2.33. The van der Waals surface area contributed by atoms with Gasteiger partial charge in [-0.1, -0.05) is 20.3 Å². The molecule has 0 aliphatic heterocycles. The molecule has 54 valence electrons. The van der Waals surface area contributed by atoms with Crippen molar-refractivity contribution in [3.05, 3.63) is 0 Å². The van der Waals surface area contributed by atoms with E-state index in [9.17, 15) is 8.78 Å². The molecule has 0 aromatic heterocycles. The Morgan fingerprint density at radius 2 is 1.89 bits per heavy atom. The van der Waals surface area contributed by atoms with E-state index in [0.29, 0.717) is 6.42 Å². The predicted molar refractivity (Wildman–Crippen MR) is 32.5 cm³/mol. The van der Waals surface area contributed by atoms with Crippen molar-refractivity contribution in [1.29, 1.82) is 0 Å². The van der Waals surface area contributed by atoms with E-state index in [4.69, 9.17) is 0 Å². The van der Waals surface area contributed by atoms with Crippen molar-refractivity contribution in [2.24, 2.45) is 11.8 Å². The largest absolute Gasteiger partial charge is 0.254 e. The molecule has 0 saturated heterocycles. The number of rotatable bonds is 2. The van der Waals surface area contributed by atoms with Gasteiger partial charge in [0.1, 0.15) is 0 Å². The molecule has 0 aromatic rings. The van der Waals surface area contributed by atoms with Crippen molar-refractivity contribution in [3.63, 3.8) is 0 Å². The molecule has 1 rings (SSSR count). The van der Waals surface area contributed by atoms with Gasteiger partial charge in [-0.3, -0.25) is 0 Å². The molecule has 1 aliphatic carbocycles. The summed E-state index contributed by atoms with van der Waals surface area (Å²) in [4.78, 5) is 0. The molecule has 2 unspecified atom stereocenters. The third-order valence-corrected chi connectivity index (χ3v) is 2.20. The Morgan fingerprint density at radius 3 is 2.00 bits per heavy atom. The number of alkyl halides is 2. The van der Waals surface area contributed by atoms with E-state index in [1.54, 1.807) is 6.92 Å². The van der Waals surface area contributed by atoms with E-state index >= 15 is 0 Å². The maximum absolute atomic E-state index is 12.4. The summed E-state index contributed by atoms with van der Waals surface area (Å²) in [6, 6.07) is 0. The predicted octanol–water partition coefficient (Wildman–Crippen LogP) is 2.69. The first kappa shape index (κ1) is 6.97. The van der Waals surface area contributed by atoms with Gasteiger partial charge in [-0.2, -0.15) is 0 Å². The van der Waals surface area contributed by atoms with E-state index in [1.807, 2.05) is 6.92 Å². The Hall–Kier alpha value is -0.140. The van der Waals surface area contributed by atoms with Crippen LogP contribution in [0.1, 0.15) is 26.7 Å². The molecule has 2 atom stereocenters. The van der Waals surface area contributed by atoms with Crippen LogP contribution in [0.4, 0.5) is 8.78 Å². The second-order valence-corrected chi connectivity index (χ2v) is 2.86. The Kier molecular flexibility index (Phi) is 1.49. The molecule has 9 heavy (non-hydrogen) atoms. The first-order valence-electron chi connectivity index (χ1n) is 3.48. The van der Waals surface area contributed by atoms with Gasteiger partial charge in [0.25, 0.3) is 5.92 Å². The van der Waals surface area contributed by atoms with Crippen molar-refractivity contribution < 1.29 is 8.78 Å². The summed E-state index contributed by atoms with van der Waals surface area (Å²) < 4.78 is 24.8. The zero-order valence-corrected chi connectivity index (χ0v) is 5.82. The molecular formula is C7H12F2. The highest BCUT2D eigenvalue weighted by molar-refractivity contribution is 5.01. The Morgan fingerprint density at radius 1 is 1.44 bits per heavy atom. The van der Waals surface area contributed by atoms with Gasteiger partial charge >= 0.3 is 0 Å². The van der Waals surface area contributed by atoms with Crippen LogP contribution in [0, 0.1) is 11.8 Å². The molecule has 1 fully saturated rings. The molecule has 0 radical (unpaired) electrons. The highest BCUT2D eigenvalue weighted by atomic mass is 19.3. The van der Waals surface area contributed by atoms with Gasteiger partial charge < -0.3 is 0 Å². The average molecular weight is 134 g/mol. The summed E-state index contributed by atoms with van der Waals surface area (Å²) in [5.41, 5.74) is 0. The van der Waals surface area contributed by atoms with Crippen molar-refractivity contribution in [2.75, 3.05) is 0 Å². The molecule has 0 amide bonds. The van der Waals surface area contributed by atoms with E-state index in [0.717, 1.165) is 6.42 Å². The Bertz CT molecular complexity index is 109. The van der Waals surface area contributed by atoms with E-state index in [1.165, 1.54) is 0 Å². The van der Waals surface area contributed by atoms with Crippen LogP contribution in [0.2, 0.25) is 0 Å². The van der Waals surface area contributed by atoms with Crippen LogP contribution >= 0.6 is 0 Å². The quantitative estimate of drug-likeness (QED) is 0.544. The lowest BCUT2D eigenvalue weighted by atomic mass is 10.2. The van der Waals surface area contributed by atoms with Crippen LogP contribution < -0.4 is 0 Å². The molecule has 0 aromatic carbocycles. The number of hydrogen-bond acceptors (Lipinski definition) is 0. The van der Waals surface area contributed by atoms with Crippen molar-refractivity contribution in [1.82, 2.24) is 0 Å². The standard InChI is InChI=1S/C7H12F2/c1-3-4-6-5(2)7(6,8)9/h5-6H,3-4H2,1-2H3. The third kappa shape index (κ3) is 0.950. The highest BCUT2D eigenvalue weighted by Crippen LogP contribution is 2.56. The van der Waals surface area contributed by atoms with Crippen molar-refractivity contribution in [2.45, 2.75) is 32.6 Å². The monoisotopic (exact) mass is 134 g/mol. The minimum absolute atomic E-state index is 0.303. The molecule has 1 aliphatic rings. The summed E-state index contributed by atoms with van der Waals surface area (Å²) in [7, 11) is 0. The van der Waals surface area contributed by atoms with Crippen molar-refractivity contribution in [3.8, 4) is 0 Å². The molecule has 1 saturated carbocycles. The fourth-order valence-electron chi connectivity index (χ4n) is 1.31. The summed E-state index contributed by atoms with van der Waals surface area (Å²) in [5.74, 6) is -2.98.